The van der Waals surface area contributed by atoms with Crippen LogP contribution in [0.5, 0.6) is 5.88 Å². The monoisotopic (exact) mass is 489 g/mol. The number of primary amides is 1. The molecule has 3 N–H and O–H groups in total. The standard InChI is InChI=1S/C26H31N7O3/c1-31-7-9-32(10-8-31)18-4-6-33-21(16-29-22(33)11-18)24(35)30-17-12-26(13-17)14-19(15-26)36-25-20(23(27)34)3-2-5-28-25/h2-6,11,16-17,19H,7-10,12-15H2,1H3,(H2,27,34)(H,30,35). The second kappa shape index (κ2) is 8.77. The molecule has 1 spiro atoms. The number of rotatable bonds is 6. The van der Waals surface area contributed by atoms with Crippen molar-refractivity contribution in [2.75, 3.05) is 38.1 Å². The van der Waals surface area contributed by atoms with Crippen LogP contribution in [0.25, 0.3) is 5.65 Å². The second-order valence-corrected chi connectivity index (χ2v) is 10.5. The topological polar surface area (TPSA) is 118 Å². The van der Waals surface area contributed by atoms with Crippen molar-refractivity contribution in [1.82, 2.24) is 24.6 Å². The number of hydrogen-bond donors (Lipinski definition) is 2. The number of aromatic nitrogens is 3. The van der Waals surface area contributed by atoms with E-state index in [0.717, 1.165) is 63.2 Å². The first-order chi connectivity index (χ1) is 17.4. The van der Waals surface area contributed by atoms with E-state index < -0.39 is 5.91 Å². The van der Waals surface area contributed by atoms with Gasteiger partial charge in [0.05, 0.1) is 6.20 Å². The van der Waals surface area contributed by atoms with E-state index in [-0.39, 0.29) is 23.5 Å². The molecule has 6 rings (SSSR count). The molecule has 3 fully saturated rings. The lowest BCUT2D eigenvalue weighted by atomic mass is 9.53. The Morgan fingerprint density at radius 2 is 1.89 bits per heavy atom. The maximum atomic E-state index is 13.0. The van der Waals surface area contributed by atoms with E-state index in [1.807, 2.05) is 10.6 Å². The molecule has 0 radical (unpaired) electrons. The highest BCUT2D eigenvalue weighted by atomic mass is 16.5. The Labute approximate surface area is 209 Å². The summed E-state index contributed by atoms with van der Waals surface area (Å²) in [5, 5.41) is 3.18. The van der Waals surface area contributed by atoms with E-state index in [0.29, 0.717) is 17.1 Å². The molecule has 0 atom stereocenters. The third-order valence-corrected chi connectivity index (χ3v) is 7.93. The zero-order chi connectivity index (χ0) is 24.9. The van der Waals surface area contributed by atoms with Crippen molar-refractivity contribution in [2.24, 2.45) is 11.1 Å². The Bertz CT molecular complexity index is 1300. The minimum Gasteiger partial charge on any atom is -0.474 e. The van der Waals surface area contributed by atoms with Gasteiger partial charge in [0.2, 0.25) is 5.88 Å². The van der Waals surface area contributed by atoms with Gasteiger partial charge in [0.25, 0.3) is 11.8 Å². The number of likely N-dealkylation sites (N-methyl/N-ethyl adjacent to an activating group) is 1. The number of carbonyl (C=O) groups is 2. The van der Waals surface area contributed by atoms with E-state index in [1.165, 1.54) is 0 Å². The van der Waals surface area contributed by atoms with E-state index >= 15 is 0 Å². The molecule has 0 unspecified atom stereocenters. The number of pyridine rings is 2. The number of nitrogens with one attached hydrogen (secondary N) is 1. The Kier molecular flexibility index (Phi) is 5.55. The highest BCUT2D eigenvalue weighted by molar-refractivity contribution is 5.95. The first-order valence-electron chi connectivity index (χ1n) is 12.5. The van der Waals surface area contributed by atoms with Gasteiger partial charge in [-0.15, -0.1) is 0 Å². The van der Waals surface area contributed by atoms with Crippen LogP contribution < -0.4 is 20.7 Å². The van der Waals surface area contributed by atoms with Gasteiger partial charge in [0.15, 0.2) is 0 Å². The van der Waals surface area contributed by atoms with Crippen LogP contribution in [0, 0.1) is 5.41 Å². The van der Waals surface area contributed by atoms with Crippen molar-refractivity contribution in [3.8, 4) is 5.88 Å². The molecule has 4 heterocycles. The number of nitrogens with two attached hydrogens (primary N) is 1. The van der Waals surface area contributed by atoms with Crippen molar-refractivity contribution in [1.29, 1.82) is 0 Å². The fourth-order valence-corrected chi connectivity index (χ4v) is 5.90. The van der Waals surface area contributed by atoms with Gasteiger partial charge in [-0.1, -0.05) is 0 Å². The Morgan fingerprint density at radius 3 is 2.64 bits per heavy atom. The Morgan fingerprint density at radius 1 is 1.11 bits per heavy atom. The summed E-state index contributed by atoms with van der Waals surface area (Å²) < 4.78 is 7.80. The van der Waals surface area contributed by atoms with Crippen molar-refractivity contribution in [3.05, 3.63) is 54.1 Å². The van der Waals surface area contributed by atoms with Crippen LogP contribution in [0.2, 0.25) is 0 Å². The molecule has 36 heavy (non-hydrogen) atoms. The first-order valence-corrected chi connectivity index (χ1v) is 12.5. The normalized spacial score (nSPS) is 25.9. The van der Waals surface area contributed by atoms with E-state index in [9.17, 15) is 9.59 Å². The molecule has 10 heteroatoms. The highest BCUT2D eigenvalue weighted by Gasteiger charge is 2.54. The van der Waals surface area contributed by atoms with Crippen LogP contribution in [0.3, 0.4) is 0 Å². The SMILES string of the molecule is CN1CCN(c2ccn3c(C(=O)NC4CC5(C4)CC(Oc4ncccc4C(N)=O)C5)cnc3c2)CC1. The molecule has 1 aliphatic heterocycles. The molecule has 0 aromatic carbocycles. The number of hydrogen-bond acceptors (Lipinski definition) is 7. The molecular formula is C26H31N7O3. The summed E-state index contributed by atoms with van der Waals surface area (Å²) in [5.41, 5.74) is 8.40. The quantitative estimate of drug-likeness (QED) is 0.541. The van der Waals surface area contributed by atoms with Crippen molar-refractivity contribution < 1.29 is 14.3 Å². The molecule has 2 saturated carbocycles. The van der Waals surface area contributed by atoms with E-state index in [4.69, 9.17) is 10.5 Å². The van der Waals surface area contributed by atoms with Crippen LogP contribution >= 0.6 is 0 Å². The maximum absolute atomic E-state index is 13.0. The number of ether oxygens (including phenoxy) is 1. The van der Waals surface area contributed by atoms with Gasteiger partial charge in [0, 0.05) is 56.4 Å². The predicted molar refractivity (Wildman–Crippen MR) is 134 cm³/mol. The molecule has 3 aromatic rings. The Hall–Kier alpha value is -3.66. The molecule has 1 saturated heterocycles. The van der Waals surface area contributed by atoms with E-state index in [2.05, 4.69) is 44.3 Å². The van der Waals surface area contributed by atoms with Crippen molar-refractivity contribution >= 4 is 23.1 Å². The van der Waals surface area contributed by atoms with Crippen molar-refractivity contribution in [3.63, 3.8) is 0 Å². The Balaban J connectivity index is 1.02. The van der Waals surface area contributed by atoms with Gasteiger partial charge in [-0.3, -0.25) is 14.0 Å². The third kappa shape index (κ3) is 4.15. The summed E-state index contributed by atoms with van der Waals surface area (Å²) >= 11 is 0. The summed E-state index contributed by atoms with van der Waals surface area (Å²) in [4.78, 5) is 37.9. The fraction of sp³-hybridized carbons (Fsp3) is 0.462. The van der Waals surface area contributed by atoms with Gasteiger partial charge in [-0.25, -0.2) is 9.97 Å². The number of piperazine rings is 1. The first kappa shape index (κ1) is 22.8. The summed E-state index contributed by atoms with van der Waals surface area (Å²) in [6, 6.07) is 7.56. The van der Waals surface area contributed by atoms with Gasteiger partial charge in [0.1, 0.15) is 23.0 Å². The summed E-state index contributed by atoms with van der Waals surface area (Å²) in [6.07, 6.45) is 8.84. The van der Waals surface area contributed by atoms with Crippen LogP contribution in [0.4, 0.5) is 5.69 Å². The number of imidazole rings is 1. The van der Waals surface area contributed by atoms with Gasteiger partial charge in [-0.2, -0.15) is 0 Å². The lowest BCUT2D eigenvalue weighted by molar-refractivity contribution is -0.0848. The zero-order valence-corrected chi connectivity index (χ0v) is 20.4. The van der Waals surface area contributed by atoms with Gasteiger partial charge in [-0.05, 0) is 56.3 Å². The minimum atomic E-state index is -0.540. The smallest absolute Gasteiger partial charge is 0.270 e. The molecule has 0 bridgehead atoms. The lowest BCUT2D eigenvalue weighted by Crippen LogP contribution is -2.58. The lowest BCUT2D eigenvalue weighted by Gasteiger charge is -2.57. The molecule has 3 aromatic heterocycles. The van der Waals surface area contributed by atoms with Crippen molar-refractivity contribution in [2.45, 2.75) is 37.8 Å². The van der Waals surface area contributed by atoms with Gasteiger partial charge >= 0.3 is 0 Å². The number of carbonyl (C=O) groups excluding carboxylic acids is 2. The maximum Gasteiger partial charge on any atom is 0.270 e. The molecule has 2 amide bonds. The summed E-state index contributed by atoms with van der Waals surface area (Å²) in [7, 11) is 2.14. The van der Waals surface area contributed by atoms with E-state index in [1.54, 1.807) is 24.5 Å². The zero-order valence-electron chi connectivity index (χ0n) is 20.4. The van der Waals surface area contributed by atoms with Crippen LogP contribution in [0.1, 0.15) is 46.5 Å². The fourth-order valence-electron chi connectivity index (χ4n) is 5.90. The highest BCUT2D eigenvalue weighted by Crippen LogP contribution is 2.56. The molecular weight excluding hydrogens is 458 g/mol. The average molecular weight is 490 g/mol. The largest absolute Gasteiger partial charge is 0.474 e. The van der Waals surface area contributed by atoms with Crippen LogP contribution in [-0.4, -0.2) is 76.5 Å². The number of anilines is 1. The molecule has 2 aliphatic carbocycles. The molecule has 188 valence electrons. The number of nitrogens with zero attached hydrogens (tertiary/aromatic N) is 5. The van der Waals surface area contributed by atoms with Gasteiger partial charge < -0.3 is 25.6 Å². The molecule has 10 nitrogen and oxygen atoms in total. The molecule has 3 aliphatic rings. The van der Waals surface area contributed by atoms with Crippen LogP contribution in [0.15, 0.2) is 42.9 Å². The number of amides is 2. The minimum absolute atomic E-state index is 0.0166. The van der Waals surface area contributed by atoms with Crippen LogP contribution in [-0.2, 0) is 0 Å². The average Bonchev–Trinajstić information content (AvgIpc) is 3.25. The summed E-state index contributed by atoms with van der Waals surface area (Å²) in [6.45, 7) is 4.07. The summed E-state index contributed by atoms with van der Waals surface area (Å²) in [5.74, 6) is -0.333. The number of fused-ring (bicyclic) bond motifs is 1. The third-order valence-electron chi connectivity index (χ3n) is 7.93. The predicted octanol–water partition coefficient (Wildman–Crippen LogP) is 1.70. The second-order valence-electron chi connectivity index (χ2n) is 10.5.